The average Bonchev–Trinajstić information content (AvgIpc) is 3.01. The van der Waals surface area contributed by atoms with Crippen LogP contribution in [-0.4, -0.2) is 50.4 Å². The lowest BCUT2D eigenvalue weighted by Crippen LogP contribution is -2.07. The van der Waals surface area contributed by atoms with E-state index < -0.39 is 0 Å². The third-order valence-electron chi connectivity index (χ3n) is 2.33. The van der Waals surface area contributed by atoms with E-state index in [0.29, 0.717) is 29.2 Å². The van der Waals surface area contributed by atoms with Gasteiger partial charge < -0.3 is 10.1 Å². The lowest BCUT2D eigenvalue weighted by atomic mass is 10.5. The molecule has 0 aliphatic heterocycles. The molecular formula is C11H14N6O2S. The Bertz CT molecular complexity index is 574. The minimum Gasteiger partial charge on any atom is -0.469 e. The average molecular weight is 294 g/mol. The van der Waals surface area contributed by atoms with Gasteiger partial charge in [0.1, 0.15) is 6.33 Å². The maximum absolute atomic E-state index is 11.1. The molecule has 0 saturated heterocycles. The van der Waals surface area contributed by atoms with Crippen LogP contribution in [0.4, 0.5) is 5.95 Å². The normalized spacial score (nSPS) is 10.3. The van der Waals surface area contributed by atoms with Crippen molar-refractivity contribution >= 4 is 23.7 Å². The highest BCUT2D eigenvalue weighted by Gasteiger charge is 2.09. The van der Waals surface area contributed by atoms with Crippen LogP contribution < -0.4 is 5.32 Å². The molecule has 0 radical (unpaired) electrons. The number of carbonyl (C=O) groups is 1. The SMILES string of the molecule is CNc1nc(SCCC(=O)OC)nc(-n2ccnc2)n1. The summed E-state index contributed by atoms with van der Waals surface area (Å²) in [4.78, 5) is 27.8. The van der Waals surface area contributed by atoms with Crippen LogP contribution in [0.15, 0.2) is 23.9 Å². The first-order valence-corrected chi connectivity index (χ1v) is 6.83. The summed E-state index contributed by atoms with van der Waals surface area (Å²) < 4.78 is 6.27. The summed E-state index contributed by atoms with van der Waals surface area (Å²) in [6.07, 6.45) is 5.31. The van der Waals surface area contributed by atoms with Crippen molar-refractivity contribution in [2.75, 3.05) is 25.2 Å². The predicted octanol–water partition coefficient (Wildman–Crippen LogP) is 0.754. The highest BCUT2D eigenvalue weighted by Crippen LogP contribution is 2.17. The van der Waals surface area contributed by atoms with Gasteiger partial charge in [0, 0.05) is 25.2 Å². The van der Waals surface area contributed by atoms with E-state index in [0.717, 1.165) is 0 Å². The lowest BCUT2D eigenvalue weighted by molar-refractivity contribution is -0.140. The van der Waals surface area contributed by atoms with Gasteiger partial charge in [-0.2, -0.15) is 15.0 Å². The Labute approximate surface area is 120 Å². The summed E-state index contributed by atoms with van der Waals surface area (Å²) in [5, 5.41) is 3.42. The summed E-state index contributed by atoms with van der Waals surface area (Å²) in [6.45, 7) is 0. The first-order valence-electron chi connectivity index (χ1n) is 5.84. The van der Waals surface area contributed by atoms with E-state index in [9.17, 15) is 4.79 Å². The number of aromatic nitrogens is 5. The van der Waals surface area contributed by atoms with Crippen molar-refractivity contribution in [1.82, 2.24) is 24.5 Å². The molecule has 106 valence electrons. The first-order chi connectivity index (χ1) is 9.72. The van der Waals surface area contributed by atoms with Gasteiger partial charge in [0.25, 0.3) is 0 Å². The van der Waals surface area contributed by atoms with Gasteiger partial charge in [-0.25, -0.2) is 4.98 Å². The molecular weight excluding hydrogens is 280 g/mol. The van der Waals surface area contributed by atoms with Gasteiger partial charge in [-0.3, -0.25) is 9.36 Å². The molecule has 0 aromatic carbocycles. The van der Waals surface area contributed by atoms with Crippen LogP contribution in [0.25, 0.3) is 5.95 Å². The fraction of sp³-hybridized carbons (Fsp3) is 0.364. The first kappa shape index (κ1) is 14.3. The van der Waals surface area contributed by atoms with Gasteiger partial charge in [0.15, 0.2) is 5.16 Å². The van der Waals surface area contributed by atoms with Crippen molar-refractivity contribution in [2.45, 2.75) is 11.6 Å². The summed E-state index contributed by atoms with van der Waals surface area (Å²) in [5.74, 6) is 1.23. The van der Waals surface area contributed by atoms with E-state index in [1.807, 2.05) is 0 Å². The molecule has 0 spiro atoms. The van der Waals surface area contributed by atoms with Crippen LogP contribution in [-0.2, 0) is 9.53 Å². The second-order valence-corrected chi connectivity index (χ2v) is 4.70. The predicted molar refractivity (Wildman–Crippen MR) is 73.9 cm³/mol. The number of methoxy groups -OCH3 is 1. The van der Waals surface area contributed by atoms with E-state index >= 15 is 0 Å². The number of carbonyl (C=O) groups excluding carboxylic acids is 1. The molecule has 0 fully saturated rings. The molecule has 2 heterocycles. The third kappa shape index (κ3) is 3.67. The Balaban J connectivity index is 2.12. The molecule has 8 nitrogen and oxygen atoms in total. The number of rotatable bonds is 6. The molecule has 20 heavy (non-hydrogen) atoms. The molecule has 2 aromatic heterocycles. The smallest absolute Gasteiger partial charge is 0.306 e. The van der Waals surface area contributed by atoms with Gasteiger partial charge in [0.2, 0.25) is 11.9 Å². The van der Waals surface area contributed by atoms with Crippen LogP contribution in [0, 0.1) is 0 Å². The number of thioether (sulfide) groups is 1. The Morgan fingerprint density at radius 3 is 2.95 bits per heavy atom. The molecule has 0 aliphatic carbocycles. The molecule has 9 heteroatoms. The maximum atomic E-state index is 11.1. The number of ether oxygens (including phenoxy) is 1. The van der Waals surface area contributed by atoms with Crippen LogP contribution in [0.1, 0.15) is 6.42 Å². The van der Waals surface area contributed by atoms with E-state index in [2.05, 4.69) is 30.0 Å². The van der Waals surface area contributed by atoms with E-state index in [1.54, 1.807) is 30.3 Å². The number of hydrogen-bond donors (Lipinski definition) is 1. The minimum absolute atomic E-state index is 0.254. The van der Waals surface area contributed by atoms with E-state index in [-0.39, 0.29) is 5.97 Å². The number of hydrogen-bond acceptors (Lipinski definition) is 8. The quantitative estimate of drug-likeness (QED) is 0.616. The van der Waals surface area contributed by atoms with Crippen molar-refractivity contribution in [3.63, 3.8) is 0 Å². The highest BCUT2D eigenvalue weighted by atomic mass is 32.2. The molecule has 0 aliphatic rings. The van der Waals surface area contributed by atoms with Crippen molar-refractivity contribution in [3.8, 4) is 5.95 Å². The molecule has 2 rings (SSSR count). The maximum Gasteiger partial charge on any atom is 0.306 e. The van der Waals surface area contributed by atoms with Crippen molar-refractivity contribution < 1.29 is 9.53 Å². The summed E-state index contributed by atoms with van der Waals surface area (Å²) in [5.41, 5.74) is 0. The Morgan fingerprint density at radius 2 is 2.30 bits per heavy atom. The van der Waals surface area contributed by atoms with Crippen LogP contribution in [0.2, 0.25) is 0 Å². The van der Waals surface area contributed by atoms with Gasteiger partial charge in [-0.05, 0) is 0 Å². The third-order valence-corrected chi connectivity index (χ3v) is 3.18. The monoisotopic (exact) mass is 294 g/mol. The zero-order chi connectivity index (χ0) is 14.4. The van der Waals surface area contributed by atoms with Gasteiger partial charge >= 0.3 is 5.97 Å². The van der Waals surface area contributed by atoms with Crippen LogP contribution >= 0.6 is 11.8 Å². The molecule has 0 bridgehead atoms. The fourth-order valence-corrected chi connectivity index (χ4v) is 2.09. The minimum atomic E-state index is -0.254. The fourth-order valence-electron chi connectivity index (χ4n) is 1.34. The van der Waals surface area contributed by atoms with E-state index in [1.165, 1.54) is 18.9 Å². The molecule has 2 aromatic rings. The Kier molecular flexibility index (Phi) is 4.88. The van der Waals surface area contributed by atoms with Crippen LogP contribution in [0.3, 0.4) is 0 Å². The van der Waals surface area contributed by atoms with E-state index in [4.69, 9.17) is 0 Å². The molecule has 0 unspecified atom stereocenters. The van der Waals surface area contributed by atoms with Crippen molar-refractivity contribution in [2.24, 2.45) is 0 Å². The summed E-state index contributed by atoms with van der Waals surface area (Å²) >= 11 is 1.37. The number of anilines is 1. The Hall–Kier alpha value is -2.16. The topological polar surface area (TPSA) is 94.8 Å². The highest BCUT2D eigenvalue weighted by molar-refractivity contribution is 7.99. The second-order valence-electron chi connectivity index (χ2n) is 3.64. The zero-order valence-electron chi connectivity index (χ0n) is 11.1. The standard InChI is InChI=1S/C11H14N6O2S/c1-12-9-14-10(17-5-4-13-7-17)16-11(15-9)20-6-3-8(18)19-2/h4-5,7H,3,6H2,1-2H3,(H,12,14,15,16). The number of nitrogens with one attached hydrogen (secondary N) is 1. The summed E-state index contributed by atoms with van der Waals surface area (Å²) in [6, 6.07) is 0. The number of imidazole rings is 1. The molecule has 0 saturated carbocycles. The molecule has 1 N–H and O–H groups in total. The second kappa shape index (κ2) is 6.85. The van der Waals surface area contributed by atoms with Crippen molar-refractivity contribution in [3.05, 3.63) is 18.7 Å². The number of esters is 1. The van der Waals surface area contributed by atoms with Gasteiger partial charge in [-0.1, -0.05) is 11.8 Å². The van der Waals surface area contributed by atoms with Crippen molar-refractivity contribution in [1.29, 1.82) is 0 Å². The van der Waals surface area contributed by atoms with Gasteiger partial charge in [-0.15, -0.1) is 0 Å². The largest absolute Gasteiger partial charge is 0.469 e. The Morgan fingerprint density at radius 1 is 1.45 bits per heavy atom. The zero-order valence-corrected chi connectivity index (χ0v) is 11.9. The lowest BCUT2D eigenvalue weighted by Gasteiger charge is -2.06. The van der Waals surface area contributed by atoms with Crippen LogP contribution in [0.5, 0.6) is 0 Å². The molecule has 0 atom stereocenters. The summed E-state index contributed by atoms with van der Waals surface area (Å²) in [7, 11) is 3.10. The molecule has 0 amide bonds. The van der Waals surface area contributed by atoms with Gasteiger partial charge in [0.05, 0.1) is 13.5 Å². The number of nitrogens with zero attached hydrogens (tertiary/aromatic N) is 5.